The molecular formula is C24H20F3N7O2S2. The van der Waals surface area contributed by atoms with Crippen molar-refractivity contribution >= 4 is 38.0 Å². The molecule has 5 rings (SSSR count). The third-order valence-electron chi connectivity index (χ3n) is 5.51. The molecule has 196 valence electrons. The highest BCUT2D eigenvalue weighted by atomic mass is 32.2. The van der Waals surface area contributed by atoms with E-state index in [-0.39, 0.29) is 23.9 Å². The van der Waals surface area contributed by atoms with E-state index in [4.69, 9.17) is 10.7 Å². The zero-order valence-corrected chi connectivity index (χ0v) is 21.1. The molecule has 5 aromatic rings. The number of nitrogens with one attached hydrogen (secondary N) is 2. The number of fused-ring (bicyclic) bond motifs is 1. The molecule has 0 spiro atoms. The van der Waals surface area contributed by atoms with Gasteiger partial charge in [0.25, 0.3) is 0 Å². The Bertz CT molecular complexity index is 1700. The van der Waals surface area contributed by atoms with E-state index >= 15 is 0 Å². The van der Waals surface area contributed by atoms with Crippen molar-refractivity contribution in [3.05, 3.63) is 77.9 Å². The van der Waals surface area contributed by atoms with E-state index in [1.807, 2.05) is 34.2 Å². The molecule has 9 nitrogen and oxygen atoms in total. The Labute approximate surface area is 219 Å². The quantitative estimate of drug-likeness (QED) is 0.189. The van der Waals surface area contributed by atoms with Gasteiger partial charge < -0.3 is 11.1 Å². The van der Waals surface area contributed by atoms with Crippen molar-refractivity contribution in [3.63, 3.8) is 0 Å². The van der Waals surface area contributed by atoms with Gasteiger partial charge in [0.05, 0.1) is 21.8 Å². The summed E-state index contributed by atoms with van der Waals surface area (Å²) in [5.41, 5.74) is 8.54. The van der Waals surface area contributed by atoms with Crippen LogP contribution in [0.4, 0.5) is 24.8 Å². The second-order valence-electron chi connectivity index (χ2n) is 8.10. The molecule has 0 amide bonds. The molecule has 4 N–H and O–H groups in total. The first-order valence-electron chi connectivity index (χ1n) is 11.2. The number of nitrogens with two attached hydrogens (primary N) is 1. The fourth-order valence-electron chi connectivity index (χ4n) is 3.76. The lowest BCUT2D eigenvalue weighted by atomic mass is 10.1. The standard InChI is InChI=1S/C24H20F3N7O2S2/c25-24(26,27)16-4-6-18(7-5-16)38(35,36)31-11-10-30-22-29-9-8-19(32-22)21-20(15-2-1-3-17(28)14-15)33-23-34(21)12-13-37-23/h1-9,12-14,31H,10-11,28H2,(H,29,30,32). The summed E-state index contributed by atoms with van der Waals surface area (Å²) in [4.78, 5) is 14.1. The first-order chi connectivity index (χ1) is 18.1. The van der Waals surface area contributed by atoms with Gasteiger partial charge in [-0.3, -0.25) is 4.40 Å². The Balaban J connectivity index is 1.30. The number of hydrogen-bond acceptors (Lipinski definition) is 8. The molecule has 0 aliphatic carbocycles. The first-order valence-corrected chi connectivity index (χ1v) is 13.5. The van der Waals surface area contributed by atoms with Crippen LogP contribution in [-0.2, 0) is 16.2 Å². The minimum absolute atomic E-state index is 0.0487. The molecule has 0 unspecified atom stereocenters. The molecular weight excluding hydrogens is 539 g/mol. The predicted molar refractivity (Wildman–Crippen MR) is 139 cm³/mol. The van der Waals surface area contributed by atoms with Crippen LogP contribution in [0.5, 0.6) is 0 Å². The van der Waals surface area contributed by atoms with Crippen LogP contribution in [0, 0.1) is 0 Å². The molecule has 3 heterocycles. The van der Waals surface area contributed by atoms with Crippen LogP contribution in [0.15, 0.2) is 77.3 Å². The van der Waals surface area contributed by atoms with Gasteiger partial charge in [0.1, 0.15) is 5.69 Å². The lowest BCUT2D eigenvalue weighted by molar-refractivity contribution is -0.137. The summed E-state index contributed by atoms with van der Waals surface area (Å²) in [6.07, 6.45) is -1.08. The van der Waals surface area contributed by atoms with Gasteiger partial charge in [0.2, 0.25) is 16.0 Å². The minimum Gasteiger partial charge on any atom is -0.399 e. The average Bonchev–Trinajstić information content (AvgIpc) is 3.48. The number of alkyl halides is 3. The molecule has 0 bridgehead atoms. The van der Waals surface area contributed by atoms with Gasteiger partial charge in [-0.15, -0.1) is 11.3 Å². The Hall–Kier alpha value is -4.01. The van der Waals surface area contributed by atoms with Crippen LogP contribution in [0.3, 0.4) is 0 Å². The van der Waals surface area contributed by atoms with Crippen molar-refractivity contribution in [3.8, 4) is 22.6 Å². The van der Waals surface area contributed by atoms with Gasteiger partial charge in [-0.2, -0.15) is 13.2 Å². The highest BCUT2D eigenvalue weighted by Crippen LogP contribution is 2.34. The van der Waals surface area contributed by atoms with Crippen LogP contribution in [0.2, 0.25) is 0 Å². The van der Waals surface area contributed by atoms with Crippen LogP contribution < -0.4 is 15.8 Å². The van der Waals surface area contributed by atoms with E-state index in [0.29, 0.717) is 17.1 Å². The molecule has 0 saturated heterocycles. The Kier molecular flexibility index (Phi) is 6.77. The summed E-state index contributed by atoms with van der Waals surface area (Å²) in [6, 6.07) is 12.4. The lowest BCUT2D eigenvalue weighted by Crippen LogP contribution is -2.29. The number of aromatic nitrogens is 4. The number of rotatable bonds is 8. The van der Waals surface area contributed by atoms with Crippen LogP contribution in [0.1, 0.15) is 5.56 Å². The van der Waals surface area contributed by atoms with Crippen LogP contribution in [0.25, 0.3) is 27.6 Å². The smallest absolute Gasteiger partial charge is 0.399 e. The van der Waals surface area contributed by atoms with Crippen molar-refractivity contribution in [2.45, 2.75) is 11.1 Å². The number of hydrogen-bond donors (Lipinski definition) is 3. The first kappa shape index (κ1) is 25.6. The van der Waals surface area contributed by atoms with Crippen LogP contribution >= 0.6 is 11.3 Å². The van der Waals surface area contributed by atoms with E-state index in [9.17, 15) is 21.6 Å². The largest absolute Gasteiger partial charge is 0.416 e. The maximum atomic E-state index is 12.7. The average molecular weight is 560 g/mol. The number of thiazole rings is 1. The van der Waals surface area contributed by atoms with E-state index < -0.39 is 21.8 Å². The van der Waals surface area contributed by atoms with Crippen molar-refractivity contribution in [2.24, 2.45) is 0 Å². The lowest BCUT2D eigenvalue weighted by Gasteiger charge is -2.10. The van der Waals surface area contributed by atoms with E-state index in [2.05, 4.69) is 20.0 Å². The monoisotopic (exact) mass is 559 g/mol. The topological polar surface area (TPSA) is 127 Å². The summed E-state index contributed by atoms with van der Waals surface area (Å²) < 4.78 is 67.4. The van der Waals surface area contributed by atoms with Crippen molar-refractivity contribution in [1.82, 2.24) is 24.1 Å². The van der Waals surface area contributed by atoms with E-state index in [1.54, 1.807) is 18.3 Å². The number of benzene rings is 2. The highest BCUT2D eigenvalue weighted by Gasteiger charge is 2.30. The minimum atomic E-state index is -4.55. The molecule has 14 heteroatoms. The molecule has 0 saturated carbocycles. The number of sulfonamides is 1. The van der Waals surface area contributed by atoms with Crippen LogP contribution in [-0.4, -0.2) is 40.9 Å². The third kappa shape index (κ3) is 5.32. The number of nitrogen functional groups attached to an aromatic ring is 1. The zero-order valence-electron chi connectivity index (χ0n) is 19.5. The molecule has 0 atom stereocenters. The molecule has 2 aromatic carbocycles. The second kappa shape index (κ2) is 10.0. The van der Waals surface area contributed by atoms with E-state index in [0.717, 1.165) is 40.5 Å². The van der Waals surface area contributed by atoms with Gasteiger partial charge >= 0.3 is 6.18 Å². The molecule has 0 radical (unpaired) electrons. The number of nitrogens with zero attached hydrogens (tertiary/aromatic N) is 4. The SMILES string of the molecule is Nc1cccc(-c2nc3sccn3c2-c2ccnc(NCCNS(=O)(=O)c3ccc(C(F)(F)F)cc3)n2)c1. The second-order valence-corrected chi connectivity index (χ2v) is 10.7. The molecule has 0 aliphatic heterocycles. The summed E-state index contributed by atoms with van der Waals surface area (Å²) in [5.74, 6) is 0.264. The maximum Gasteiger partial charge on any atom is 0.416 e. The summed E-state index contributed by atoms with van der Waals surface area (Å²) >= 11 is 1.48. The maximum absolute atomic E-state index is 12.7. The molecule has 3 aromatic heterocycles. The summed E-state index contributed by atoms with van der Waals surface area (Å²) in [7, 11) is -4.00. The Morgan fingerprint density at radius 1 is 1.03 bits per heavy atom. The fraction of sp³-hybridized carbons (Fsp3) is 0.125. The summed E-state index contributed by atoms with van der Waals surface area (Å²) in [6.45, 7) is 0.0819. The predicted octanol–water partition coefficient (Wildman–Crippen LogP) is 4.51. The Morgan fingerprint density at radius 3 is 2.55 bits per heavy atom. The van der Waals surface area contributed by atoms with Gasteiger partial charge in [-0.1, -0.05) is 12.1 Å². The molecule has 0 aliphatic rings. The van der Waals surface area contributed by atoms with Crippen molar-refractivity contribution in [2.75, 3.05) is 24.1 Å². The molecule has 38 heavy (non-hydrogen) atoms. The highest BCUT2D eigenvalue weighted by molar-refractivity contribution is 7.89. The van der Waals surface area contributed by atoms with Crippen molar-refractivity contribution in [1.29, 1.82) is 0 Å². The normalized spacial score (nSPS) is 12.2. The number of anilines is 2. The van der Waals surface area contributed by atoms with Gasteiger partial charge in [-0.05, 0) is 42.5 Å². The fourth-order valence-corrected chi connectivity index (χ4v) is 5.51. The summed E-state index contributed by atoms with van der Waals surface area (Å²) in [5, 5.41) is 4.88. The van der Waals surface area contributed by atoms with Gasteiger partial charge in [-0.25, -0.2) is 28.1 Å². The van der Waals surface area contributed by atoms with Crippen molar-refractivity contribution < 1.29 is 21.6 Å². The number of halogens is 3. The van der Waals surface area contributed by atoms with Gasteiger partial charge in [0, 0.05) is 42.1 Å². The molecule has 0 fully saturated rings. The zero-order chi connectivity index (χ0) is 26.9. The Morgan fingerprint density at radius 2 is 1.82 bits per heavy atom. The van der Waals surface area contributed by atoms with Gasteiger partial charge in [0.15, 0.2) is 4.96 Å². The third-order valence-corrected chi connectivity index (χ3v) is 7.75. The number of imidazole rings is 1. The van der Waals surface area contributed by atoms with E-state index in [1.165, 1.54) is 11.3 Å².